The van der Waals surface area contributed by atoms with Gasteiger partial charge < -0.3 is 5.73 Å². The summed E-state index contributed by atoms with van der Waals surface area (Å²) < 4.78 is 1.81. The molecule has 29 heavy (non-hydrogen) atoms. The van der Waals surface area contributed by atoms with Crippen LogP contribution in [0.4, 0.5) is 10.9 Å². The summed E-state index contributed by atoms with van der Waals surface area (Å²) in [4.78, 5) is 52.8. The minimum absolute atomic E-state index is 0.00193. The lowest BCUT2D eigenvalue weighted by Gasteiger charge is -2.17. The molecule has 0 atom stereocenters. The van der Waals surface area contributed by atoms with Crippen molar-refractivity contribution in [3.05, 3.63) is 26.4 Å². The minimum atomic E-state index is -0.776. The van der Waals surface area contributed by atoms with Gasteiger partial charge in [0.1, 0.15) is 11.4 Å². The summed E-state index contributed by atoms with van der Waals surface area (Å²) in [5.74, 6) is -0.643. The van der Waals surface area contributed by atoms with E-state index in [1.807, 2.05) is 0 Å². The van der Waals surface area contributed by atoms with Gasteiger partial charge in [-0.05, 0) is 25.7 Å². The Balaban J connectivity index is 1.49. The van der Waals surface area contributed by atoms with Crippen LogP contribution in [0.25, 0.3) is 0 Å². The Morgan fingerprint density at radius 3 is 2.62 bits per heavy atom. The molecule has 0 bridgehead atoms. The molecule has 4 rings (SSSR count). The SMILES string of the molecule is CCC(=O)N(c1nnc(SCC(=O)c2c(N)n(C3CC3)c(=O)[nH]c2=O)s1)C1CC1. The molecule has 10 nitrogen and oxygen atoms in total. The van der Waals surface area contributed by atoms with E-state index in [0.29, 0.717) is 15.9 Å². The van der Waals surface area contributed by atoms with Crippen LogP contribution in [0.3, 0.4) is 0 Å². The maximum atomic E-state index is 12.6. The summed E-state index contributed by atoms with van der Waals surface area (Å²) in [6.07, 6.45) is 3.87. The highest BCUT2D eigenvalue weighted by molar-refractivity contribution is 8.01. The molecule has 0 saturated heterocycles. The first-order valence-electron chi connectivity index (χ1n) is 9.36. The number of nitrogens with two attached hydrogens (primary N) is 1. The maximum absolute atomic E-state index is 12.6. The highest BCUT2D eigenvalue weighted by atomic mass is 32.2. The number of H-pyrrole nitrogens is 1. The van der Waals surface area contributed by atoms with E-state index < -0.39 is 17.0 Å². The Bertz CT molecular complexity index is 1080. The molecule has 2 aromatic heterocycles. The first kappa shape index (κ1) is 19.8. The molecule has 2 aliphatic carbocycles. The summed E-state index contributed by atoms with van der Waals surface area (Å²) in [7, 11) is 0. The molecule has 3 N–H and O–H groups in total. The van der Waals surface area contributed by atoms with Crippen molar-refractivity contribution in [1.29, 1.82) is 0 Å². The van der Waals surface area contributed by atoms with Crippen LogP contribution in [-0.4, -0.2) is 43.2 Å². The van der Waals surface area contributed by atoms with E-state index >= 15 is 0 Å². The fraction of sp³-hybridized carbons (Fsp3) is 0.529. The third kappa shape index (κ3) is 3.99. The second kappa shape index (κ2) is 7.75. The van der Waals surface area contributed by atoms with Gasteiger partial charge in [-0.1, -0.05) is 30.0 Å². The molecule has 2 heterocycles. The van der Waals surface area contributed by atoms with E-state index in [1.54, 1.807) is 11.8 Å². The van der Waals surface area contributed by atoms with E-state index in [0.717, 1.165) is 37.4 Å². The fourth-order valence-corrected chi connectivity index (χ4v) is 4.86. The van der Waals surface area contributed by atoms with Crippen LogP contribution in [0.2, 0.25) is 0 Å². The number of Topliss-reactive ketones (excluding diaryl/α,β-unsaturated/α-hetero) is 1. The molecule has 2 aliphatic rings. The third-order valence-electron chi connectivity index (χ3n) is 4.78. The van der Waals surface area contributed by atoms with E-state index in [1.165, 1.54) is 15.9 Å². The van der Waals surface area contributed by atoms with Gasteiger partial charge in [0.15, 0.2) is 10.1 Å². The van der Waals surface area contributed by atoms with Crippen LogP contribution in [0.15, 0.2) is 13.9 Å². The zero-order valence-corrected chi connectivity index (χ0v) is 17.3. The van der Waals surface area contributed by atoms with Crippen molar-refractivity contribution in [2.45, 2.75) is 55.5 Å². The third-order valence-corrected chi connectivity index (χ3v) is 6.84. The van der Waals surface area contributed by atoms with Gasteiger partial charge in [-0.2, -0.15) is 0 Å². The second-order valence-corrected chi connectivity index (χ2v) is 9.21. The number of hydrogen-bond acceptors (Lipinski definition) is 9. The number of carbonyl (C=O) groups excluding carboxylic acids is 2. The number of hydrogen-bond donors (Lipinski definition) is 2. The Kier molecular flexibility index (Phi) is 5.30. The Morgan fingerprint density at radius 1 is 1.28 bits per heavy atom. The van der Waals surface area contributed by atoms with Gasteiger partial charge in [0, 0.05) is 18.5 Å². The number of thioether (sulfide) groups is 1. The fourth-order valence-electron chi connectivity index (χ4n) is 3.06. The van der Waals surface area contributed by atoms with Gasteiger partial charge in [0.25, 0.3) is 5.56 Å². The standard InChI is InChI=1S/C17H20N6O4S2/c1-2-11(25)22(8-3-4-8)16-20-21-17(29-16)28-7-10(24)12-13(18)23(9-5-6-9)15(27)19-14(12)26/h8-9H,2-7,18H2,1H3,(H,19,26,27). The average Bonchev–Trinajstić information content (AvgIpc) is 3.60. The van der Waals surface area contributed by atoms with Crippen molar-refractivity contribution in [2.75, 3.05) is 16.4 Å². The number of aromatic amines is 1. The number of nitrogen functional groups attached to an aromatic ring is 1. The molecule has 0 unspecified atom stereocenters. The lowest BCUT2D eigenvalue weighted by molar-refractivity contribution is -0.118. The summed E-state index contributed by atoms with van der Waals surface area (Å²) in [6, 6.07) is 0.116. The summed E-state index contributed by atoms with van der Waals surface area (Å²) >= 11 is 2.37. The van der Waals surface area contributed by atoms with E-state index in [2.05, 4.69) is 15.2 Å². The number of nitrogens with zero attached hydrogens (tertiary/aromatic N) is 4. The van der Waals surface area contributed by atoms with Gasteiger partial charge in [-0.15, -0.1) is 10.2 Å². The highest BCUT2D eigenvalue weighted by Crippen LogP contribution is 2.37. The number of anilines is 2. The normalized spacial score (nSPS) is 16.0. The number of aromatic nitrogens is 4. The van der Waals surface area contributed by atoms with Crippen molar-refractivity contribution in [3.63, 3.8) is 0 Å². The van der Waals surface area contributed by atoms with Crippen LogP contribution < -0.4 is 21.9 Å². The molecule has 0 radical (unpaired) electrons. The molecule has 0 spiro atoms. The molecule has 2 saturated carbocycles. The van der Waals surface area contributed by atoms with Crippen molar-refractivity contribution in [1.82, 2.24) is 19.7 Å². The number of ketones is 1. The number of amides is 1. The zero-order chi connectivity index (χ0) is 20.7. The minimum Gasteiger partial charge on any atom is -0.384 e. The molecule has 0 aliphatic heterocycles. The van der Waals surface area contributed by atoms with Crippen LogP contribution in [0.1, 0.15) is 55.4 Å². The molecule has 12 heteroatoms. The van der Waals surface area contributed by atoms with Gasteiger partial charge in [-0.25, -0.2) is 4.79 Å². The van der Waals surface area contributed by atoms with Crippen LogP contribution >= 0.6 is 23.1 Å². The highest BCUT2D eigenvalue weighted by Gasteiger charge is 2.35. The van der Waals surface area contributed by atoms with Gasteiger partial charge >= 0.3 is 5.69 Å². The quantitative estimate of drug-likeness (QED) is 0.357. The summed E-state index contributed by atoms with van der Waals surface area (Å²) in [5, 5.41) is 8.67. The summed E-state index contributed by atoms with van der Waals surface area (Å²) in [5.41, 5.74) is 4.41. The van der Waals surface area contributed by atoms with E-state index in [4.69, 9.17) is 5.73 Å². The van der Waals surface area contributed by atoms with Gasteiger partial charge in [-0.3, -0.25) is 28.8 Å². The van der Waals surface area contributed by atoms with Crippen molar-refractivity contribution in [3.8, 4) is 0 Å². The second-order valence-electron chi connectivity index (χ2n) is 7.03. The van der Waals surface area contributed by atoms with Crippen molar-refractivity contribution < 1.29 is 9.59 Å². The topological polar surface area (TPSA) is 144 Å². The largest absolute Gasteiger partial charge is 0.384 e. The smallest absolute Gasteiger partial charge is 0.330 e. The first-order chi connectivity index (χ1) is 13.9. The number of carbonyl (C=O) groups is 2. The van der Waals surface area contributed by atoms with Gasteiger partial charge in [0.2, 0.25) is 11.0 Å². The lowest BCUT2D eigenvalue weighted by atomic mass is 10.2. The average molecular weight is 437 g/mol. The number of nitrogens with one attached hydrogen (secondary N) is 1. The molecule has 2 fully saturated rings. The predicted octanol–water partition coefficient (Wildman–Crippen LogP) is 1.19. The Morgan fingerprint density at radius 2 is 2.00 bits per heavy atom. The van der Waals surface area contributed by atoms with Crippen molar-refractivity contribution in [2.24, 2.45) is 0 Å². The molecular weight excluding hydrogens is 416 g/mol. The number of rotatable bonds is 8. The maximum Gasteiger partial charge on any atom is 0.330 e. The van der Waals surface area contributed by atoms with Crippen molar-refractivity contribution >= 4 is 45.7 Å². The summed E-state index contributed by atoms with van der Waals surface area (Å²) in [6.45, 7) is 1.80. The molecule has 2 aromatic rings. The van der Waals surface area contributed by atoms with Crippen LogP contribution in [0, 0.1) is 0 Å². The molecule has 1 amide bonds. The van der Waals surface area contributed by atoms with E-state index in [9.17, 15) is 19.2 Å². The molecule has 154 valence electrons. The van der Waals surface area contributed by atoms with Crippen LogP contribution in [0.5, 0.6) is 0 Å². The Labute approximate surface area is 173 Å². The van der Waals surface area contributed by atoms with E-state index in [-0.39, 0.29) is 35.1 Å². The monoisotopic (exact) mass is 436 g/mol. The lowest BCUT2D eigenvalue weighted by Crippen LogP contribution is -2.36. The zero-order valence-electron chi connectivity index (χ0n) is 15.7. The van der Waals surface area contributed by atoms with Crippen LogP contribution in [-0.2, 0) is 4.79 Å². The first-order valence-corrected chi connectivity index (χ1v) is 11.2. The van der Waals surface area contributed by atoms with Gasteiger partial charge in [0.05, 0.1) is 5.75 Å². The molecular formula is C17H20N6O4S2. The molecule has 0 aromatic carbocycles. The predicted molar refractivity (Wildman–Crippen MR) is 110 cm³/mol. The Hall–Kier alpha value is -2.47.